The second kappa shape index (κ2) is 8.14. The van der Waals surface area contributed by atoms with Crippen LogP contribution in [-0.4, -0.2) is 45.1 Å². The van der Waals surface area contributed by atoms with Crippen molar-refractivity contribution < 1.29 is 13.2 Å². The smallest absolute Gasteiger partial charge is 0.223 e. The van der Waals surface area contributed by atoms with Gasteiger partial charge in [0, 0.05) is 20.0 Å². The topological polar surface area (TPSA) is 80.5 Å². The molecular weight excluding hydrogens is 288 g/mol. The molecule has 1 aromatic rings. The van der Waals surface area contributed by atoms with Crippen LogP contribution in [0.15, 0.2) is 24.3 Å². The van der Waals surface area contributed by atoms with E-state index in [4.69, 9.17) is 5.73 Å². The number of aryl methyl sites for hydroxylation is 1. The molecule has 0 unspecified atom stereocenters. The Morgan fingerprint density at radius 3 is 2.57 bits per heavy atom. The zero-order valence-corrected chi connectivity index (χ0v) is 13.5. The lowest BCUT2D eigenvalue weighted by molar-refractivity contribution is -0.129. The molecule has 0 aliphatic rings. The van der Waals surface area contributed by atoms with Gasteiger partial charge in [-0.3, -0.25) is 4.79 Å². The van der Waals surface area contributed by atoms with Crippen molar-refractivity contribution in [2.75, 3.05) is 25.9 Å². The van der Waals surface area contributed by atoms with E-state index >= 15 is 0 Å². The summed E-state index contributed by atoms with van der Waals surface area (Å²) in [6, 6.07) is 7.39. The van der Waals surface area contributed by atoms with Crippen molar-refractivity contribution in [2.45, 2.75) is 25.5 Å². The van der Waals surface area contributed by atoms with Crippen LogP contribution < -0.4 is 5.73 Å². The van der Waals surface area contributed by atoms with Crippen molar-refractivity contribution in [3.8, 4) is 0 Å². The molecule has 0 aliphatic heterocycles. The standard InChI is InChI=1S/C15H24N2O3S/c1-13-6-3-4-7-14(13)12-21(19,20)11-8-15(18)17(2)10-5-9-16/h3-4,6-7H,5,8-12,16H2,1-2H3. The normalized spacial score (nSPS) is 11.4. The summed E-state index contributed by atoms with van der Waals surface area (Å²) in [5, 5.41) is 0. The molecule has 118 valence electrons. The van der Waals surface area contributed by atoms with E-state index in [0.29, 0.717) is 13.1 Å². The highest BCUT2D eigenvalue weighted by atomic mass is 32.2. The Hall–Kier alpha value is -1.40. The number of amides is 1. The van der Waals surface area contributed by atoms with E-state index in [1.165, 1.54) is 4.90 Å². The van der Waals surface area contributed by atoms with Gasteiger partial charge in [-0.15, -0.1) is 0 Å². The van der Waals surface area contributed by atoms with Crippen LogP contribution in [0.25, 0.3) is 0 Å². The third-order valence-corrected chi connectivity index (χ3v) is 4.96. The van der Waals surface area contributed by atoms with Gasteiger partial charge in [0.2, 0.25) is 5.91 Å². The number of sulfone groups is 1. The summed E-state index contributed by atoms with van der Waals surface area (Å²) in [6.45, 7) is 2.97. The number of benzene rings is 1. The molecule has 1 amide bonds. The van der Waals surface area contributed by atoms with Gasteiger partial charge in [0.15, 0.2) is 9.84 Å². The molecule has 0 saturated carbocycles. The second-order valence-electron chi connectivity index (χ2n) is 5.23. The molecule has 21 heavy (non-hydrogen) atoms. The number of rotatable bonds is 8. The largest absolute Gasteiger partial charge is 0.346 e. The second-order valence-corrected chi connectivity index (χ2v) is 7.41. The number of nitrogens with zero attached hydrogens (tertiary/aromatic N) is 1. The Morgan fingerprint density at radius 1 is 1.29 bits per heavy atom. The van der Waals surface area contributed by atoms with Gasteiger partial charge in [-0.2, -0.15) is 0 Å². The van der Waals surface area contributed by atoms with Crippen LogP contribution in [0.2, 0.25) is 0 Å². The van der Waals surface area contributed by atoms with Crippen LogP contribution >= 0.6 is 0 Å². The van der Waals surface area contributed by atoms with Gasteiger partial charge in [0.1, 0.15) is 0 Å². The van der Waals surface area contributed by atoms with Crippen LogP contribution in [-0.2, 0) is 20.4 Å². The summed E-state index contributed by atoms with van der Waals surface area (Å²) in [5.41, 5.74) is 7.13. The fraction of sp³-hybridized carbons (Fsp3) is 0.533. The Morgan fingerprint density at radius 2 is 1.95 bits per heavy atom. The first-order valence-corrected chi connectivity index (χ1v) is 8.87. The molecule has 0 aromatic heterocycles. The minimum absolute atomic E-state index is 0.0144. The van der Waals surface area contributed by atoms with Gasteiger partial charge < -0.3 is 10.6 Å². The third kappa shape index (κ3) is 6.27. The molecule has 1 rings (SSSR count). The zero-order valence-electron chi connectivity index (χ0n) is 12.7. The van der Waals surface area contributed by atoms with Crippen molar-refractivity contribution in [3.05, 3.63) is 35.4 Å². The molecule has 1 aromatic carbocycles. The number of carbonyl (C=O) groups is 1. The first-order valence-electron chi connectivity index (χ1n) is 7.04. The van der Waals surface area contributed by atoms with Gasteiger partial charge in [0.05, 0.1) is 11.5 Å². The molecule has 0 heterocycles. The predicted molar refractivity (Wildman–Crippen MR) is 84.6 cm³/mol. The molecular formula is C15H24N2O3S. The zero-order chi connectivity index (χ0) is 15.9. The van der Waals surface area contributed by atoms with Crippen molar-refractivity contribution in [1.82, 2.24) is 4.90 Å². The maximum absolute atomic E-state index is 12.1. The van der Waals surface area contributed by atoms with E-state index in [2.05, 4.69) is 0 Å². The van der Waals surface area contributed by atoms with Crippen LogP contribution in [0.4, 0.5) is 0 Å². The molecule has 5 nitrogen and oxygen atoms in total. The summed E-state index contributed by atoms with van der Waals surface area (Å²) in [5.74, 6) is -0.288. The minimum Gasteiger partial charge on any atom is -0.346 e. The Labute approximate surface area is 127 Å². The molecule has 0 aliphatic carbocycles. The molecule has 0 atom stereocenters. The van der Waals surface area contributed by atoms with E-state index in [1.54, 1.807) is 7.05 Å². The summed E-state index contributed by atoms with van der Waals surface area (Å²) < 4.78 is 24.2. The summed E-state index contributed by atoms with van der Waals surface area (Å²) in [4.78, 5) is 13.4. The van der Waals surface area contributed by atoms with Gasteiger partial charge in [0.25, 0.3) is 0 Å². The van der Waals surface area contributed by atoms with Gasteiger partial charge >= 0.3 is 0 Å². The average Bonchev–Trinajstić information content (AvgIpc) is 2.44. The maximum Gasteiger partial charge on any atom is 0.223 e. The summed E-state index contributed by atoms with van der Waals surface area (Å²) >= 11 is 0. The molecule has 2 N–H and O–H groups in total. The minimum atomic E-state index is -3.28. The first kappa shape index (κ1) is 17.7. The third-order valence-electron chi connectivity index (χ3n) is 3.39. The quantitative estimate of drug-likeness (QED) is 0.779. The fourth-order valence-corrected chi connectivity index (χ4v) is 3.40. The van der Waals surface area contributed by atoms with Gasteiger partial charge in [-0.1, -0.05) is 24.3 Å². The summed E-state index contributed by atoms with van der Waals surface area (Å²) in [6.07, 6.45) is 0.744. The molecule has 0 spiro atoms. The first-order chi connectivity index (χ1) is 9.85. The Bertz CT molecular complexity index is 570. The van der Waals surface area contributed by atoms with E-state index in [0.717, 1.165) is 17.5 Å². The highest BCUT2D eigenvalue weighted by molar-refractivity contribution is 7.90. The highest BCUT2D eigenvalue weighted by Crippen LogP contribution is 2.12. The van der Waals surface area contributed by atoms with Crippen molar-refractivity contribution in [2.24, 2.45) is 5.73 Å². The number of nitrogens with two attached hydrogens (primary N) is 1. The fourth-order valence-electron chi connectivity index (χ4n) is 1.97. The molecule has 0 saturated heterocycles. The lowest BCUT2D eigenvalue weighted by atomic mass is 10.1. The molecule has 6 heteroatoms. The Kier molecular flexibility index (Phi) is 6.84. The lowest BCUT2D eigenvalue weighted by Crippen LogP contribution is -2.30. The van der Waals surface area contributed by atoms with Crippen LogP contribution in [0.5, 0.6) is 0 Å². The van der Waals surface area contributed by atoms with E-state index in [9.17, 15) is 13.2 Å². The number of hydrogen-bond donors (Lipinski definition) is 1. The van der Waals surface area contributed by atoms with Crippen LogP contribution in [0.1, 0.15) is 24.0 Å². The number of carbonyl (C=O) groups excluding carboxylic acids is 1. The van der Waals surface area contributed by atoms with Crippen molar-refractivity contribution >= 4 is 15.7 Å². The van der Waals surface area contributed by atoms with Gasteiger partial charge in [-0.25, -0.2) is 8.42 Å². The predicted octanol–water partition coefficient (Wildman–Crippen LogP) is 1.11. The van der Waals surface area contributed by atoms with Crippen molar-refractivity contribution in [3.63, 3.8) is 0 Å². The molecule has 0 bridgehead atoms. The van der Waals surface area contributed by atoms with E-state index in [1.807, 2.05) is 31.2 Å². The van der Waals surface area contributed by atoms with Crippen molar-refractivity contribution in [1.29, 1.82) is 0 Å². The van der Waals surface area contributed by atoms with E-state index < -0.39 is 9.84 Å². The van der Waals surface area contributed by atoms with E-state index in [-0.39, 0.29) is 23.8 Å². The SMILES string of the molecule is Cc1ccccc1CS(=O)(=O)CCC(=O)N(C)CCCN. The Balaban J connectivity index is 2.54. The van der Waals surface area contributed by atoms with Crippen LogP contribution in [0.3, 0.4) is 0 Å². The number of hydrogen-bond acceptors (Lipinski definition) is 4. The molecule has 0 fully saturated rings. The monoisotopic (exact) mass is 312 g/mol. The highest BCUT2D eigenvalue weighted by Gasteiger charge is 2.17. The lowest BCUT2D eigenvalue weighted by Gasteiger charge is -2.16. The van der Waals surface area contributed by atoms with Gasteiger partial charge in [-0.05, 0) is 31.0 Å². The van der Waals surface area contributed by atoms with Crippen LogP contribution in [0, 0.1) is 6.92 Å². The summed E-state index contributed by atoms with van der Waals surface area (Å²) in [7, 11) is -1.61. The maximum atomic E-state index is 12.1. The molecule has 0 radical (unpaired) electrons. The average molecular weight is 312 g/mol.